The van der Waals surface area contributed by atoms with Gasteiger partial charge in [-0.05, 0) is 25.1 Å². The number of halogens is 3. The molecule has 4 N–H and O–H groups in total. The van der Waals surface area contributed by atoms with E-state index in [0.29, 0.717) is 27.9 Å². The van der Waals surface area contributed by atoms with Crippen molar-refractivity contribution in [1.82, 2.24) is 24.8 Å². The van der Waals surface area contributed by atoms with Gasteiger partial charge in [0.25, 0.3) is 5.91 Å². The molecule has 31 heavy (non-hydrogen) atoms. The van der Waals surface area contributed by atoms with Crippen molar-refractivity contribution >= 4 is 34.3 Å². The Bertz CT molecular complexity index is 1160. The first-order chi connectivity index (χ1) is 14.5. The molecule has 1 aliphatic rings. The summed E-state index contributed by atoms with van der Waals surface area (Å²) >= 11 is 0. The number of nitrogens with one attached hydrogen (secondary N) is 2. The number of aromatic nitrogens is 3. The van der Waals surface area contributed by atoms with E-state index in [2.05, 4.69) is 20.3 Å². The number of fused-ring (bicyclic) bond motifs is 2. The number of carbonyl (C=O) groups is 1. The Morgan fingerprint density at radius 3 is 2.71 bits per heavy atom. The van der Waals surface area contributed by atoms with Gasteiger partial charge in [-0.2, -0.15) is 13.2 Å². The maximum absolute atomic E-state index is 13.2. The SMILES string of the molecule is CCN1c2cc(C(F)(F)F)ccc2[N+](C)(C)C1CNC(=O)c1nc2cc[nH]c2nc1N. The number of quaternary nitrogens is 1. The fourth-order valence-electron chi connectivity index (χ4n) is 4.12. The van der Waals surface area contributed by atoms with Crippen LogP contribution in [0.3, 0.4) is 0 Å². The summed E-state index contributed by atoms with van der Waals surface area (Å²) < 4.78 is 40.0. The number of hydrogen-bond acceptors (Lipinski definition) is 5. The fraction of sp³-hybridized carbons (Fsp3) is 0.350. The number of nitrogens with two attached hydrogens (primary N) is 1. The number of alkyl halides is 3. The van der Waals surface area contributed by atoms with Crippen molar-refractivity contribution in [2.75, 3.05) is 37.8 Å². The molecule has 1 amide bonds. The molecular weight excluding hydrogens is 411 g/mol. The van der Waals surface area contributed by atoms with E-state index in [1.54, 1.807) is 12.3 Å². The smallest absolute Gasteiger partial charge is 0.382 e. The van der Waals surface area contributed by atoms with Gasteiger partial charge in [-0.3, -0.25) is 9.28 Å². The van der Waals surface area contributed by atoms with E-state index in [1.165, 1.54) is 12.1 Å². The van der Waals surface area contributed by atoms with Crippen molar-refractivity contribution in [3.63, 3.8) is 0 Å². The van der Waals surface area contributed by atoms with E-state index in [0.717, 1.165) is 11.8 Å². The van der Waals surface area contributed by atoms with Gasteiger partial charge in [0, 0.05) is 18.8 Å². The molecule has 0 aliphatic carbocycles. The van der Waals surface area contributed by atoms with Crippen LogP contribution in [0.2, 0.25) is 0 Å². The first-order valence-electron chi connectivity index (χ1n) is 9.75. The van der Waals surface area contributed by atoms with Gasteiger partial charge in [-0.25, -0.2) is 9.97 Å². The van der Waals surface area contributed by atoms with Crippen LogP contribution in [-0.2, 0) is 6.18 Å². The summed E-state index contributed by atoms with van der Waals surface area (Å²) in [5.74, 6) is -0.492. The van der Waals surface area contributed by atoms with E-state index in [9.17, 15) is 18.0 Å². The largest absolute Gasteiger partial charge is 0.416 e. The van der Waals surface area contributed by atoms with E-state index in [-0.39, 0.29) is 24.2 Å². The van der Waals surface area contributed by atoms with Gasteiger partial charge >= 0.3 is 6.18 Å². The summed E-state index contributed by atoms with van der Waals surface area (Å²) in [7, 11) is 3.80. The normalized spacial score (nSPS) is 17.7. The van der Waals surface area contributed by atoms with Crippen molar-refractivity contribution in [1.29, 1.82) is 0 Å². The van der Waals surface area contributed by atoms with Crippen LogP contribution < -0.4 is 20.4 Å². The van der Waals surface area contributed by atoms with Gasteiger partial charge in [-0.15, -0.1) is 0 Å². The molecule has 0 saturated carbocycles. The summed E-state index contributed by atoms with van der Waals surface area (Å²) in [4.78, 5) is 25.9. The van der Waals surface area contributed by atoms with Crippen molar-refractivity contribution in [2.24, 2.45) is 0 Å². The van der Waals surface area contributed by atoms with Gasteiger partial charge in [0.1, 0.15) is 11.2 Å². The average Bonchev–Trinajstić information content (AvgIpc) is 3.23. The molecule has 1 aromatic carbocycles. The number of anilines is 2. The number of aromatic amines is 1. The van der Waals surface area contributed by atoms with Crippen molar-refractivity contribution in [2.45, 2.75) is 19.3 Å². The molecule has 8 nitrogen and oxygen atoms in total. The quantitative estimate of drug-likeness (QED) is 0.549. The second-order valence-corrected chi connectivity index (χ2v) is 7.89. The van der Waals surface area contributed by atoms with Crippen LogP contribution in [0.1, 0.15) is 23.0 Å². The van der Waals surface area contributed by atoms with Crippen LogP contribution in [0, 0.1) is 0 Å². The number of benzene rings is 1. The molecular formula is C20H23F3N7O+. The van der Waals surface area contributed by atoms with Gasteiger partial charge < -0.3 is 20.9 Å². The molecule has 1 atom stereocenters. The van der Waals surface area contributed by atoms with Crippen molar-refractivity contribution in [3.8, 4) is 0 Å². The Morgan fingerprint density at radius 1 is 1.29 bits per heavy atom. The highest BCUT2D eigenvalue weighted by molar-refractivity contribution is 5.98. The zero-order valence-electron chi connectivity index (χ0n) is 17.3. The average molecular weight is 434 g/mol. The minimum atomic E-state index is -4.43. The lowest BCUT2D eigenvalue weighted by Gasteiger charge is -2.35. The molecule has 1 aliphatic heterocycles. The Labute approximate surface area is 176 Å². The molecule has 3 heterocycles. The number of nitrogen functional groups attached to an aromatic ring is 1. The van der Waals surface area contributed by atoms with Gasteiger partial charge in [0.2, 0.25) is 0 Å². The number of H-pyrrole nitrogens is 1. The van der Waals surface area contributed by atoms with Gasteiger partial charge in [0.05, 0.1) is 26.2 Å². The maximum Gasteiger partial charge on any atom is 0.416 e. The number of likely N-dealkylation sites (N-methyl/N-ethyl adjacent to an activating group) is 2. The summed E-state index contributed by atoms with van der Waals surface area (Å²) in [6.07, 6.45) is -3.08. The van der Waals surface area contributed by atoms with Crippen molar-refractivity contribution < 1.29 is 18.0 Å². The lowest BCUT2D eigenvalue weighted by molar-refractivity contribution is -0.137. The molecule has 0 radical (unpaired) electrons. The molecule has 164 valence electrons. The number of nitrogens with zero attached hydrogens (tertiary/aromatic N) is 4. The molecule has 0 spiro atoms. The lowest BCUT2D eigenvalue weighted by Crippen LogP contribution is -2.59. The molecule has 1 unspecified atom stereocenters. The predicted molar refractivity (Wildman–Crippen MR) is 113 cm³/mol. The van der Waals surface area contributed by atoms with Crippen LogP contribution in [0.15, 0.2) is 30.5 Å². The monoisotopic (exact) mass is 434 g/mol. The predicted octanol–water partition coefficient (Wildman–Crippen LogP) is 2.72. The van der Waals surface area contributed by atoms with Crippen LogP contribution in [-0.4, -0.2) is 54.2 Å². The molecule has 4 rings (SSSR count). The zero-order valence-corrected chi connectivity index (χ0v) is 17.3. The standard InChI is InChI=1S/C20H22F3N7O/c1-4-29-13-9-11(20(21,22)23)5-6-14(13)30(2,3)15(29)10-26-19(31)16-17(24)28-18-12(27-16)7-8-25-18/h5-9,15H,4,10H2,1-3H3,(H3-,24,25,26,27,28,31)/p+1. The Kier molecular flexibility index (Phi) is 4.80. The highest BCUT2D eigenvalue weighted by atomic mass is 19.4. The molecule has 0 saturated heterocycles. The third kappa shape index (κ3) is 3.44. The summed E-state index contributed by atoms with van der Waals surface area (Å²) in [6.45, 7) is 2.53. The molecule has 2 aromatic heterocycles. The van der Waals surface area contributed by atoms with E-state index < -0.39 is 17.6 Å². The number of carbonyl (C=O) groups excluding carboxylic acids is 1. The Balaban J connectivity index is 1.60. The second kappa shape index (κ2) is 7.12. The third-order valence-electron chi connectivity index (χ3n) is 5.75. The highest BCUT2D eigenvalue weighted by Crippen LogP contribution is 2.45. The van der Waals surface area contributed by atoms with Crippen LogP contribution in [0.5, 0.6) is 0 Å². The van der Waals surface area contributed by atoms with Crippen LogP contribution >= 0.6 is 0 Å². The third-order valence-corrected chi connectivity index (χ3v) is 5.75. The second-order valence-electron chi connectivity index (χ2n) is 7.89. The van der Waals surface area contributed by atoms with E-state index in [4.69, 9.17) is 5.73 Å². The summed E-state index contributed by atoms with van der Waals surface area (Å²) in [6, 6.07) is 5.45. The number of rotatable bonds is 4. The minimum Gasteiger partial charge on any atom is -0.382 e. The van der Waals surface area contributed by atoms with Gasteiger partial charge in [0.15, 0.2) is 29.0 Å². The Morgan fingerprint density at radius 2 is 2.03 bits per heavy atom. The van der Waals surface area contributed by atoms with E-state index in [1.807, 2.05) is 25.9 Å². The summed E-state index contributed by atoms with van der Waals surface area (Å²) in [5, 5.41) is 2.83. The molecule has 3 aromatic rings. The van der Waals surface area contributed by atoms with E-state index >= 15 is 0 Å². The van der Waals surface area contributed by atoms with Crippen LogP contribution in [0.4, 0.5) is 30.4 Å². The molecule has 11 heteroatoms. The summed E-state index contributed by atoms with van der Waals surface area (Å²) in [5.41, 5.74) is 7.46. The topological polar surface area (TPSA) is 99.9 Å². The first kappa shape index (κ1) is 20.9. The number of amides is 1. The number of hydrogen-bond donors (Lipinski definition) is 3. The highest BCUT2D eigenvalue weighted by Gasteiger charge is 2.46. The zero-order chi connectivity index (χ0) is 22.6. The maximum atomic E-state index is 13.2. The molecule has 0 fully saturated rings. The van der Waals surface area contributed by atoms with Crippen LogP contribution in [0.25, 0.3) is 11.2 Å². The lowest BCUT2D eigenvalue weighted by atomic mass is 10.1. The first-order valence-corrected chi connectivity index (χ1v) is 9.75. The molecule has 0 bridgehead atoms. The fourth-order valence-corrected chi connectivity index (χ4v) is 4.12. The van der Waals surface area contributed by atoms with Crippen molar-refractivity contribution in [3.05, 3.63) is 41.7 Å². The van der Waals surface area contributed by atoms with Gasteiger partial charge in [-0.1, -0.05) is 0 Å². The Hall–Kier alpha value is -3.34. The minimum absolute atomic E-state index is 0.00178.